The van der Waals surface area contributed by atoms with Crippen LogP contribution < -0.4 is 0 Å². The van der Waals surface area contributed by atoms with Crippen LogP contribution in [-0.4, -0.2) is 5.11 Å². The lowest BCUT2D eigenvalue weighted by Gasteiger charge is -2.11. The summed E-state index contributed by atoms with van der Waals surface area (Å²) in [5, 5.41) is 10.4. The molecule has 1 aromatic heterocycles. The molecule has 0 spiro atoms. The highest BCUT2D eigenvalue weighted by Gasteiger charge is 2.16. The van der Waals surface area contributed by atoms with Gasteiger partial charge in [0.25, 0.3) is 0 Å². The van der Waals surface area contributed by atoms with Crippen molar-refractivity contribution in [3.63, 3.8) is 0 Å². The fourth-order valence-electron chi connectivity index (χ4n) is 2.66. The second kappa shape index (κ2) is 4.87. The van der Waals surface area contributed by atoms with E-state index < -0.39 is 6.10 Å². The molecule has 0 fully saturated rings. The summed E-state index contributed by atoms with van der Waals surface area (Å²) in [4.78, 5) is 2.40. The molecular weight excluding hydrogens is 240 g/mol. The van der Waals surface area contributed by atoms with Crippen LogP contribution >= 0.6 is 11.3 Å². The van der Waals surface area contributed by atoms with Crippen molar-refractivity contribution in [2.24, 2.45) is 0 Å². The van der Waals surface area contributed by atoms with Gasteiger partial charge in [0.1, 0.15) is 6.10 Å². The Morgan fingerprint density at radius 1 is 1.17 bits per heavy atom. The van der Waals surface area contributed by atoms with Gasteiger partial charge < -0.3 is 5.11 Å². The number of benzene rings is 1. The molecule has 1 N–H and O–H groups in total. The quantitative estimate of drug-likeness (QED) is 0.885. The zero-order chi connectivity index (χ0) is 12.5. The van der Waals surface area contributed by atoms with E-state index in [1.165, 1.54) is 35.3 Å². The Morgan fingerprint density at radius 2 is 2.00 bits per heavy atom. The number of fused-ring (bicyclic) bond motifs is 1. The molecule has 3 rings (SSSR count). The number of aliphatic hydroxyl groups is 1. The van der Waals surface area contributed by atoms with Gasteiger partial charge in [0.2, 0.25) is 0 Å². The molecule has 0 aliphatic heterocycles. The molecule has 1 nitrogen and oxygen atoms in total. The van der Waals surface area contributed by atoms with Crippen LogP contribution in [-0.2, 0) is 19.3 Å². The summed E-state index contributed by atoms with van der Waals surface area (Å²) in [6, 6.07) is 10.6. The van der Waals surface area contributed by atoms with E-state index in [1.807, 2.05) is 0 Å². The van der Waals surface area contributed by atoms with Crippen LogP contribution in [0.1, 0.15) is 45.9 Å². The number of aliphatic hydroxyl groups excluding tert-OH is 1. The Morgan fingerprint density at radius 3 is 2.78 bits per heavy atom. The lowest BCUT2D eigenvalue weighted by Crippen LogP contribution is -1.98. The molecule has 0 saturated heterocycles. The minimum absolute atomic E-state index is 0.457. The summed E-state index contributed by atoms with van der Waals surface area (Å²) in [5.74, 6) is 0. The SMILES string of the molecule is CCc1ccc(C(O)c2ccc3c(c2)CCC3)s1. The normalized spacial score (nSPS) is 15.7. The van der Waals surface area contributed by atoms with Crippen molar-refractivity contribution in [2.45, 2.75) is 38.7 Å². The van der Waals surface area contributed by atoms with Crippen molar-refractivity contribution < 1.29 is 5.11 Å². The first-order valence-electron chi connectivity index (χ1n) is 6.66. The predicted octanol–water partition coefficient (Wildman–Crippen LogP) is 3.88. The van der Waals surface area contributed by atoms with Crippen LogP contribution in [0.4, 0.5) is 0 Å². The van der Waals surface area contributed by atoms with E-state index in [1.54, 1.807) is 11.3 Å². The van der Waals surface area contributed by atoms with Gasteiger partial charge >= 0.3 is 0 Å². The number of hydrogen-bond acceptors (Lipinski definition) is 2. The van der Waals surface area contributed by atoms with Crippen molar-refractivity contribution in [3.8, 4) is 0 Å². The molecular formula is C16H18OS. The molecule has 1 atom stereocenters. The van der Waals surface area contributed by atoms with Crippen molar-refractivity contribution >= 4 is 11.3 Å². The first-order valence-corrected chi connectivity index (χ1v) is 7.48. The molecule has 94 valence electrons. The van der Waals surface area contributed by atoms with Crippen LogP contribution in [0.15, 0.2) is 30.3 Å². The first kappa shape index (κ1) is 11.9. The topological polar surface area (TPSA) is 20.2 Å². The van der Waals surface area contributed by atoms with Gasteiger partial charge in [-0.1, -0.05) is 25.1 Å². The largest absolute Gasteiger partial charge is 0.383 e. The summed E-state index contributed by atoms with van der Waals surface area (Å²) in [7, 11) is 0. The standard InChI is InChI=1S/C16H18OS/c1-2-14-8-9-15(18-14)16(17)13-7-6-11-4-3-5-12(11)10-13/h6-10,16-17H,2-5H2,1H3. The molecule has 18 heavy (non-hydrogen) atoms. The van der Waals surface area contributed by atoms with E-state index in [2.05, 4.69) is 37.3 Å². The minimum atomic E-state index is -0.457. The lowest BCUT2D eigenvalue weighted by molar-refractivity contribution is 0.224. The highest BCUT2D eigenvalue weighted by Crippen LogP contribution is 2.31. The number of rotatable bonds is 3. The molecule has 0 bridgehead atoms. The van der Waals surface area contributed by atoms with Crippen molar-refractivity contribution in [1.82, 2.24) is 0 Å². The number of aryl methyl sites for hydroxylation is 3. The first-order chi connectivity index (χ1) is 8.78. The highest BCUT2D eigenvalue weighted by atomic mass is 32.1. The maximum Gasteiger partial charge on any atom is 0.113 e. The molecule has 1 heterocycles. The van der Waals surface area contributed by atoms with Gasteiger partial charge in [-0.15, -0.1) is 11.3 Å². The van der Waals surface area contributed by atoms with Crippen LogP contribution in [0, 0.1) is 0 Å². The second-order valence-corrected chi connectivity index (χ2v) is 6.14. The van der Waals surface area contributed by atoms with Crippen LogP contribution in [0.25, 0.3) is 0 Å². The van der Waals surface area contributed by atoms with Gasteiger partial charge in [-0.05, 0) is 54.5 Å². The Bertz CT molecular complexity index is 556. The lowest BCUT2D eigenvalue weighted by atomic mass is 10.0. The fraction of sp³-hybridized carbons (Fsp3) is 0.375. The van der Waals surface area contributed by atoms with E-state index >= 15 is 0 Å². The minimum Gasteiger partial charge on any atom is -0.383 e. The van der Waals surface area contributed by atoms with E-state index in [0.717, 1.165) is 16.9 Å². The molecule has 1 aromatic carbocycles. The average Bonchev–Trinajstić information content (AvgIpc) is 3.05. The zero-order valence-electron chi connectivity index (χ0n) is 10.6. The highest BCUT2D eigenvalue weighted by molar-refractivity contribution is 7.12. The molecule has 2 heteroatoms. The maximum atomic E-state index is 10.4. The second-order valence-electron chi connectivity index (χ2n) is 4.94. The van der Waals surface area contributed by atoms with Gasteiger partial charge in [0.05, 0.1) is 0 Å². The average molecular weight is 258 g/mol. The molecule has 0 radical (unpaired) electrons. The Labute approximate surface area is 112 Å². The van der Waals surface area contributed by atoms with Gasteiger partial charge in [-0.2, -0.15) is 0 Å². The van der Waals surface area contributed by atoms with Gasteiger partial charge in [-0.3, -0.25) is 0 Å². The molecule has 1 aliphatic carbocycles. The van der Waals surface area contributed by atoms with E-state index in [-0.39, 0.29) is 0 Å². The van der Waals surface area contributed by atoms with E-state index in [4.69, 9.17) is 0 Å². The molecule has 2 aromatic rings. The van der Waals surface area contributed by atoms with Crippen LogP contribution in [0.3, 0.4) is 0 Å². The summed E-state index contributed by atoms with van der Waals surface area (Å²) < 4.78 is 0. The predicted molar refractivity (Wildman–Crippen MR) is 76.2 cm³/mol. The molecule has 0 amide bonds. The van der Waals surface area contributed by atoms with Crippen molar-refractivity contribution in [2.75, 3.05) is 0 Å². The Balaban J connectivity index is 1.89. The number of hydrogen-bond donors (Lipinski definition) is 1. The summed E-state index contributed by atoms with van der Waals surface area (Å²) in [6.45, 7) is 2.15. The van der Waals surface area contributed by atoms with E-state index in [0.29, 0.717) is 0 Å². The summed E-state index contributed by atoms with van der Waals surface area (Å²) in [6.07, 6.45) is 4.21. The summed E-state index contributed by atoms with van der Waals surface area (Å²) >= 11 is 1.72. The van der Waals surface area contributed by atoms with Crippen molar-refractivity contribution in [3.05, 3.63) is 56.8 Å². The van der Waals surface area contributed by atoms with Crippen LogP contribution in [0.5, 0.6) is 0 Å². The van der Waals surface area contributed by atoms with E-state index in [9.17, 15) is 5.11 Å². The maximum absolute atomic E-state index is 10.4. The summed E-state index contributed by atoms with van der Waals surface area (Å²) in [5.41, 5.74) is 3.94. The zero-order valence-corrected chi connectivity index (χ0v) is 11.5. The fourth-order valence-corrected chi connectivity index (χ4v) is 3.62. The third-order valence-corrected chi connectivity index (χ3v) is 5.02. The monoisotopic (exact) mass is 258 g/mol. The molecule has 1 unspecified atom stereocenters. The Hall–Kier alpha value is -1.12. The number of thiophene rings is 1. The van der Waals surface area contributed by atoms with Gasteiger partial charge in [0.15, 0.2) is 0 Å². The van der Waals surface area contributed by atoms with Gasteiger partial charge in [0, 0.05) is 9.75 Å². The van der Waals surface area contributed by atoms with Crippen LogP contribution in [0.2, 0.25) is 0 Å². The van der Waals surface area contributed by atoms with Gasteiger partial charge in [-0.25, -0.2) is 0 Å². The third kappa shape index (κ3) is 2.11. The molecule has 0 saturated carbocycles. The smallest absolute Gasteiger partial charge is 0.113 e. The molecule has 1 aliphatic rings. The third-order valence-electron chi connectivity index (χ3n) is 3.74. The Kier molecular flexibility index (Phi) is 3.23. The van der Waals surface area contributed by atoms with Crippen molar-refractivity contribution in [1.29, 1.82) is 0 Å².